The molecule has 29 heavy (non-hydrogen) atoms. The van der Waals surface area contributed by atoms with Crippen LogP contribution in [0.2, 0.25) is 0 Å². The molecule has 2 aliphatic heterocycles. The third-order valence-electron chi connectivity index (χ3n) is 6.21. The molecular weight excluding hydrogens is 366 g/mol. The van der Waals surface area contributed by atoms with E-state index in [-0.39, 0.29) is 18.7 Å². The van der Waals surface area contributed by atoms with Gasteiger partial charge in [-0.3, -0.25) is 4.79 Å². The van der Waals surface area contributed by atoms with Crippen LogP contribution in [0.3, 0.4) is 0 Å². The molecule has 152 valence electrons. The number of hydrogen-bond donors (Lipinski definition) is 0. The first-order chi connectivity index (χ1) is 14.1. The summed E-state index contributed by atoms with van der Waals surface area (Å²) in [4.78, 5) is 27.8. The van der Waals surface area contributed by atoms with Crippen LogP contribution in [-0.2, 0) is 14.3 Å². The van der Waals surface area contributed by atoms with E-state index in [1.165, 1.54) is 12.8 Å². The predicted molar refractivity (Wildman–Crippen MR) is 110 cm³/mol. The molecule has 2 heterocycles. The molecule has 0 N–H and O–H groups in total. The van der Waals surface area contributed by atoms with Gasteiger partial charge in [0.2, 0.25) is 0 Å². The highest BCUT2D eigenvalue weighted by atomic mass is 16.6. The van der Waals surface area contributed by atoms with Crippen LogP contribution >= 0.6 is 0 Å². The van der Waals surface area contributed by atoms with E-state index < -0.39 is 11.9 Å². The summed E-state index contributed by atoms with van der Waals surface area (Å²) in [6, 6.07) is 19.2. The number of hydrogen-bond acceptors (Lipinski definition) is 5. The van der Waals surface area contributed by atoms with E-state index in [0.717, 1.165) is 18.4 Å². The molecule has 2 fully saturated rings. The van der Waals surface area contributed by atoms with Gasteiger partial charge in [-0.15, -0.1) is 0 Å². The van der Waals surface area contributed by atoms with Crippen molar-refractivity contribution < 1.29 is 19.1 Å². The summed E-state index contributed by atoms with van der Waals surface area (Å²) in [6.07, 6.45) is 4.04. The van der Waals surface area contributed by atoms with Crippen molar-refractivity contribution in [2.75, 3.05) is 13.7 Å². The van der Waals surface area contributed by atoms with Crippen LogP contribution in [0.15, 0.2) is 60.7 Å². The molecule has 4 atom stereocenters. The Labute approximate surface area is 171 Å². The number of carbonyl (C=O) groups excluding carboxylic acids is 2. The van der Waals surface area contributed by atoms with Gasteiger partial charge in [0.05, 0.1) is 5.56 Å². The molecule has 0 aromatic heterocycles. The van der Waals surface area contributed by atoms with Gasteiger partial charge >= 0.3 is 11.9 Å². The largest absolute Gasteiger partial charge is 0.462 e. The number of benzene rings is 2. The van der Waals surface area contributed by atoms with Crippen LogP contribution in [0, 0.1) is 0 Å². The van der Waals surface area contributed by atoms with E-state index in [9.17, 15) is 9.59 Å². The quantitative estimate of drug-likeness (QED) is 0.699. The Kier molecular flexibility index (Phi) is 5.95. The van der Waals surface area contributed by atoms with Crippen molar-refractivity contribution in [3.63, 3.8) is 0 Å². The zero-order chi connectivity index (χ0) is 20.2. The normalized spacial score (nSPS) is 24.7. The zero-order valence-corrected chi connectivity index (χ0v) is 16.7. The van der Waals surface area contributed by atoms with Gasteiger partial charge in [0.1, 0.15) is 18.6 Å². The molecule has 2 aromatic carbocycles. The Morgan fingerprint density at radius 1 is 0.966 bits per heavy atom. The van der Waals surface area contributed by atoms with Gasteiger partial charge in [-0.2, -0.15) is 0 Å². The highest BCUT2D eigenvalue weighted by molar-refractivity contribution is 5.89. The lowest BCUT2D eigenvalue weighted by atomic mass is 9.98. The summed E-state index contributed by atoms with van der Waals surface area (Å²) in [5.41, 5.74) is 1.27. The minimum atomic E-state index is -0.624. The number of nitrogens with zero attached hydrogens (tertiary/aromatic N) is 1. The van der Waals surface area contributed by atoms with Crippen molar-refractivity contribution in [2.24, 2.45) is 0 Å². The average Bonchev–Trinajstić information content (AvgIpc) is 2.96. The van der Waals surface area contributed by atoms with Crippen LogP contribution in [0.25, 0.3) is 0 Å². The molecule has 0 amide bonds. The fraction of sp³-hybridized carbons (Fsp3) is 0.417. The van der Waals surface area contributed by atoms with Gasteiger partial charge < -0.3 is 14.4 Å². The first-order valence-corrected chi connectivity index (χ1v) is 10.3. The number of piperidine rings is 1. The highest BCUT2D eigenvalue weighted by Crippen LogP contribution is 2.36. The lowest BCUT2D eigenvalue weighted by molar-refractivity contribution is -0.155. The maximum Gasteiger partial charge on any atom is 0.338 e. The Hall–Kier alpha value is -2.66. The molecule has 5 heteroatoms. The van der Waals surface area contributed by atoms with Gasteiger partial charge in [0, 0.05) is 12.1 Å². The third-order valence-corrected chi connectivity index (χ3v) is 6.21. The first-order valence-electron chi connectivity index (χ1n) is 10.3. The Morgan fingerprint density at radius 2 is 1.55 bits per heavy atom. The molecule has 0 saturated carbocycles. The zero-order valence-electron chi connectivity index (χ0n) is 16.7. The Bertz CT molecular complexity index is 824. The van der Waals surface area contributed by atoms with Gasteiger partial charge in [-0.25, -0.2) is 4.79 Å². The molecule has 2 unspecified atom stereocenters. The fourth-order valence-electron chi connectivity index (χ4n) is 4.51. The van der Waals surface area contributed by atoms with Crippen molar-refractivity contribution in [3.8, 4) is 0 Å². The van der Waals surface area contributed by atoms with Crippen LogP contribution < -0.4 is 0 Å². The summed E-state index contributed by atoms with van der Waals surface area (Å²) >= 11 is 0. The lowest BCUT2D eigenvalue weighted by Gasteiger charge is -2.36. The Morgan fingerprint density at radius 3 is 2.17 bits per heavy atom. The fourth-order valence-corrected chi connectivity index (χ4v) is 4.51. The summed E-state index contributed by atoms with van der Waals surface area (Å²) < 4.78 is 11.4. The molecule has 2 saturated heterocycles. The van der Waals surface area contributed by atoms with Crippen molar-refractivity contribution in [2.45, 2.75) is 49.8 Å². The smallest absolute Gasteiger partial charge is 0.338 e. The van der Waals surface area contributed by atoms with Crippen molar-refractivity contribution in [3.05, 3.63) is 71.8 Å². The van der Waals surface area contributed by atoms with Gasteiger partial charge in [0.15, 0.2) is 0 Å². The minimum absolute atomic E-state index is 0.0317. The van der Waals surface area contributed by atoms with E-state index in [4.69, 9.17) is 9.47 Å². The van der Waals surface area contributed by atoms with Crippen LogP contribution in [0.5, 0.6) is 0 Å². The number of ether oxygens (including phenoxy) is 2. The number of fused-ring (bicyclic) bond motifs is 2. The predicted octanol–water partition coefficient (Wildman–Crippen LogP) is 3.80. The van der Waals surface area contributed by atoms with E-state index in [2.05, 4.69) is 11.9 Å². The second kappa shape index (κ2) is 8.78. The molecule has 0 spiro atoms. The second-order valence-corrected chi connectivity index (χ2v) is 8.01. The Balaban J connectivity index is 1.43. The minimum Gasteiger partial charge on any atom is -0.462 e. The average molecular weight is 393 g/mol. The summed E-state index contributed by atoms with van der Waals surface area (Å²) in [6.45, 7) is -0.0317. The molecule has 2 bridgehead atoms. The molecule has 2 aliphatic rings. The molecule has 2 aromatic rings. The van der Waals surface area contributed by atoms with Gasteiger partial charge in [0.25, 0.3) is 0 Å². The third kappa shape index (κ3) is 4.51. The number of carbonyl (C=O) groups is 2. The van der Waals surface area contributed by atoms with E-state index in [1.54, 1.807) is 24.3 Å². The molecular formula is C24H27NO4. The standard InChI is InChI=1S/C24H27NO4/c1-25-19-12-13-20(25)15-21(14-19)29-24(27)22(17-8-4-2-5-9-17)16-28-23(26)18-10-6-3-7-11-18/h2-11,19-22H,12-16H2,1H3/t19-,20+,21?,22?. The molecule has 4 rings (SSSR count). The molecule has 0 radical (unpaired) electrons. The molecule has 0 aliphatic carbocycles. The van der Waals surface area contributed by atoms with Gasteiger partial charge in [-0.1, -0.05) is 48.5 Å². The molecule has 5 nitrogen and oxygen atoms in total. The van der Waals surface area contributed by atoms with Gasteiger partial charge in [-0.05, 0) is 50.4 Å². The number of rotatable bonds is 6. The highest BCUT2D eigenvalue weighted by Gasteiger charge is 2.40. The lowest BCUT2D eigenvalue weighted by Crippen LogP contribution is -2.44. The topological polar surface area (TPSA) is 55.8 Å². The SMILES string of the molecule is CN1[C@@H]2CC[C@H]1CC(OC(=O)C(COC(=O)c1ccccc1)c1ccccc1)C2. The number of esters is 2. The summed E-state index contributed by atoms with van der Waals surface area (Å²) in [7, 11) is 2.16. The maximum absolute atomic E-state index is 13.0. The first kappa shape index (κ1) is 19.6. The van der Waals surface area contributed by atoms with Crippen molar-refractivity contribution in [1.29, 1.82) is 0 Å². The van der Waals surface area contributed by atoms with Crippen LogP contribution in [0.4, 0.5) is 0 Å². The van der Waals surface area contributed by atoms with E-state index >= 15 is 0 Å². The summed E-state index contributed by atoms with van der Waals surface area (Å²) in [5.74, 6) is -1.37. The van der Waals surface area contributed by atoms with E-state index in [0.29, 0.717) is 17.6 Å². The monoisotopic (exact) mass is 393 g/mol. The maximum atomic E-state index is 13.0. The van der Waals surface area contributed by atoms with E-state index in [1.807, 2.05) is 36.4 Å². The van der Waals surface area contributed by atoms with Crippen molar-refractivity contribution >= 4 is 11.9 Å². The summed E-state index contributed by atoms with van der Waals surface area (Å²) in [5, 5.41) is 0. The second-order valence-electron chi connectivity index (χ2n) is 8.01. The van der Waals surface area contributed by atoms with Crippen LogP contribution in [-0.4, -0.2) is 48.7 Å². The van der Waals surface area contributed by atoms with Crippen LogP contribution in [0.1, 0.15) is 47.5 Å². The van der Waals surface area contributed by atoms with Crippen molar-refractivity contribution in [1.82, 2.24) is 4.90 Å².